The number of primary amides is 1. The minimum Gasteiger partial charge on any atom is -0.379 e. The van der Waals surface area contributed by atoms with Crippen LogP contribution in [0.1, 0.15) is 27.5 Å². The van der Waals surface area contributed by atoms with Crippen LogP contribution in [0.3, 0.4) is 0 Å². The van der Waals surface area contributed by atoms with Crippen LogP contribution in [0.25, 0.3) is 0 Å². The highest BCUT2D eigenvalue weighted by Crippen LogP contribution is 2.30. The Bertz CT molecular complexity index is 744. The van der Waals surface area contributed by atoms with E-state index in [-0.39, 0.29) is 25.4 Å². The van der Waals surface area contributed by atoms with E-state index in [4.69, 9.17) is 5.73 Å². The Morgan fingerprint density at radius 2 is 1.88 bits per heavy atom. The molecule has 0 aliphatic rings. The minimum absolute atomic E-state index is 0.0547. The number of aromatic nitrogens is 1. The molecule has 0 saturated carbocycles. The SMILES string of the molecule is NC(=O)CCNC(=O)c1ccc(NCc2nc(C(F)(F)F)cs2)cc1. The predicted octanol–water partition coefficient (Wildman–Crippen LogP) is 2.38. The Labute approximate surface area is 145 Å². The number of benzene rings is 1. The highest BCUT2D eigenvalue weighted by molar-refractivity contribution is 7.09. The fourth-order valence-electron chi connectivity index (χ4n) is 1.84. The lowest BCUT2D eigenvalue weighted by molar-refractivity contribution is -0.140. The number of carbonyl (C=O) groups is 2. The molecule has 0 atom stereocenters. The number of hydrogen-bond donors (Lipinski definition) is 3. The van der Waals surface area contributed by atoms with E-state index in [0.717, 1.165) is 16.7 Å². The molecule has 0 aliphatic carbocycles. The normalized spacial score (nSPS) is 11.2. The molecule has 0 aliphatic heterocycles. The Kier molecular flexibility index (Phi) is 5.97. The van der Waals surface area contributed by atoms with Gasteiger partial charge in [-0.3, -0.25) is 9.59 Å². The number of nitrogens with one attached hydrogen (secondary N) is 2. The van der Waals surface area contributed by atoms with Crippen LogP contribution in [0.5, 0.6) is 0 Å². The monoisotopic (exact) mass is 372 g/mol. The molecule has 1 aromatic carbocycles. The second kappa shape index (κ2) is 7.97. The van der Waals surface area contributed by atoms with Gasteiger partial charge in [-0.05, 0) is 24.3 Å². The van der Waals surface area contributed by atoms with Gasteiger partial charge in [-0.15, -0.1) is 11.3 Å². The molecular formula is C15H15F3N4O2S. The van der Waals surface area contributed by atoms with Crippen molar-refractivity contribution in [3.8, 4) is 0 Å². The number of anilines is 1. The zero-order chi connectivity index (χ0) is 18.4. The van der Waals surface area contributed by atoms with Gasteiger partial charge >= 0.3 is 6.18 Å². The molecule has 0 unspecified atom stereocenters. The molecule has 10 heteroatoms. The molecule has 1 heterocycles. The summed E-state index contributed by atoms with van der Waals surface area (Å²) in [6.45, 7) is 0.296. The van der Waals surface area contributed by atoms with Crippen molar-refractivity contribution in [1.29, 1.82) is 0 Å². The zero-order valence-electron chi connectivity index (χ0n) is 12.9. The standard InChI is InChI=1S/C15H15F3N4O2S/c16-15(17,18)11-8-25-13(22-11)7-21-10-3-1-9(2-4-10)14(24)20-6-5-12(19)23/h1-4,8,21H,5-7H2,(H2,19,23)(H,20,24). The molecule has 4 N–H and O–H groups in total. The second-order valence-corrected chi connectivity index (χ2v) is 5.97. The van der Waals surface area contributed by atoms with E-state index < -0.39 is 17.8 Å². The van der Waals surface area contributed by atoms with Crippen molar-refractivity contribution in [2.45, 2.75) is 19.1 Å². The van der Waals surface area contributed by atoms with Gasteiger partial charge in [0, 0.05) is 29.6 Å². The van der Waals surface area contributed by atoms with E-state index in [2.05, 4.69) is 15.6 Å². The van der Waals surface area contributed by atoms with Crippen molar-refractivity contribution in [2.24, 2.45) is 5.73 Å². The zero-order valence-corrected chi connectivity index (χ0v) is 13.7. The summed E-state index contributed by atoms with van der Waals surface area (Å²) in [6.07, 6.45) is -4.39. The molecule has 0 radical (unpaired) electrons. The van der Waals surface area contributed by atoms with Gasteiger partial charge < -0.3 is 16.4 Å². The van der Waals surface area contributed by atoms with Crippen molar-refractivity contribution < 1.29 is 22.8 Å². The van der Waals surface area contributed by atoms with Crippen molar-refractivity contribution in [2.75, 3.05) is 11.9 Å². The number of thiazole rings is 1. The molecule has 25 heavy (non-hydrogen) atoms. The fourth-order valence-corrected chi connectivity index (χ4v) is 2.58. The summed E-state index contributed by atoms with van der Waals surface area (Å²) < 4.78 is 37.4. The van der Waals surface area contributed by atoms with Crippen molar-refractivity contribution >= 4 is 28.8 Å². The molecule has 2 aromatic rings. The third-order valence-corrected chi connectivity index (χ3v) is 3.94. The molecule has 134 valence electrons. The van der Waals surface area contributed by atoms with Gasteiger partial charge in [-0.25, -0.2) is 4.98 Å². The van der Waals surface area contributed by atoms with Gasteiger partial charge in [0.05, 0.1) is 6.54 Å². The first-order chi connectivity index (χ1) is 11.8. The van der Waals surface area contributed by atoms with Crippen LogP contribution < -0.4 is 16.4 Å². The van der Waals surface area contributed by atoms with Crippen molar-refractivity contribution in [1.82, 2.24) is 10.3 Å². The molecule has 2 rings (SSSR count). The molecular weight excluding hydrogens is 357 g/mol. The Morgan fingerprint density at radius 3 is 2.44 bits per heavy atom. The lowest BCUT2D eigenvalue weighted by atomic mass is 10.2. The fraction of sp³-hybridized carbons (Fsp3) is 0.267. The topological polar surface area (TPSA) is 97.1 Å². The van der Waals surface area contributed by atoms with Crippen LogP contribution in [0.15, 0.2) is 29.6 Å². The maximum absolute atomic E-state index is 12.5. The molecule has 0 saturated heterocycles. The van der Waals surface area contributed by atoms with Crippen LogP contribution in [0.2, 0.25) is 0 Å². The Balaban J connectivity index is 1.87. The number of amides is 2. The van der Waals surface area contributed by atoms with Gasteiger partial charge in [0.1, 0.15) is 5.01 Å². The summed E-state index contributed by atoms with van der Waals surface area (Å²) in [5, 5.41) is 6.76. The molecule has 0 fully saturated rings. The van der Waals surface area contributed by atoms with Gasteiger partial charge in [-0.2, -0.15) is 13.2 Å². The highest BCUT2D eigenvalue weighted by atomic mass is 32.1. The Morgan fingerprint density at radius 1 is 1.20 bits per heavy atom. The summed E-state index contributed by atoms with van der Waals surface area (Å²) in [6, 6.07) is 6.37. The number of nitrogens with two attached hydrogens (primary N) is 1. The molecule has 1 aromatic heterocycles. The van der Waals surface area contributed by atoms with Crippen LogP contribution in [-0.4, -0.2) is 23.3 Å². The number of alkyl halides is 3. The van der Waals surface area contributed by atoms with Crippen LogP contribution in [0, 0.1) is 0 Å². The summed E-state index contributed by atoms with van der Waals surface area (Å²) in [5.74, 6) is -0.849. The number of carbonyl (C=O) groups excluding carboxylic acids is 2. The number of rotatable bonds is 7. The minimum atomic E-state index is -4.45. The average molecular weight is 372 g/mol. The number of nitrogens with zero attached hydrogens (tertiary/aromatic N) is 1. The molecule has 0 spiro atoms. The smallest absolute Gasteiger partial charge is 0.379 e. The Hall–Kier alpha value is -2.62. The second-order valence-electron chi connectivity index (χ2n) is 5.03. The summed E-state index contributed by atoms with van der Waals surface area (Å²) in [7, 11) is 0. The van der Waals surface area contributed by atoms with Crippen LogP contribution in [0.4, 0.5) is 18.9 Å². The van der Waals surface area contributed by atoms with Gasteiger partial charge in [0.15, 0.2) is 5.69 Å². The van der Waals surface area contributed by atoms with E-state index in [0.29, 0.717) is 16.3 Å². The van der Waals surface area contributed by atoms with E-state index in [1.54, 1.807) is 24.3 Å². The van der Waals surface area contributed by atoms with Crippen LogP contribution >= 0.6 is 11.3 Å². The lowest BCUT2D eigenvalue weighted by Crippen LogP contribution is -2.27. The quantitative estimate of drug-likeness (QED) is 0.695. The van der Waals surface area contributed by atoms with E-state index in [9.17, 15) is 22.8 Å². The van der Waals surface area contributed by atoms with Gasteiger partial charge in [0.25, 0.3) is 5.91 Å². The number of hydrogen-bond acceptors (Lipinski definition) is 5. The predicted molar refractivity (Wildman–Crippen MR) is 87.0 cm³/mol. The summed E-state index contributed by atoms with van der Waals surface area (Å²) in [5.41, 5.74) is 5.10. The third-order valence-electron chi connectivity index (χ3n) is 3.09. The third kappa shape index (κ3) is 5.75. The first-order valence-corrected chi connectivity index (χ1v) is 8.05. The van der Waals surface area contributed by atoms with Gasteiger partial charge in [0.2, 0.25) is 5.91 Å². The maximum atomic E-state index is 12.5. The van der Waals surface area contributed by atoms with Crippen molar-refractivity contribution in [3.63, 3.8) is 0 Å². The van der Waals surface area contributed by atoms with E-state index in [1.807, 2.05) is 0 Å². The molecule has 0 bridgehead atoms. The highest BCUT2D eigenvalue weighted by Gasteiger charge is 2.33. The first-order valence-electron chi connectivity index (χ1n) is 7.18. The average Bonchev–Trinajstić information content (AvgIpc) is 3.02. The lowest BCUT2D eigenvalue weighted by Gasteiger charge is -2.07. The first kappa shape index (κ1) is 18.7. The number of halogens is 3. The van der Waals surface area contributed by atoms with Gasteiger partial charge in [-0.1, -0.05) is 0 Å². The maximum Gasteiger partial charge on any atom is 0.434 e. The van der Waals surface area contributed by atoms with E-state index in [1.165, 1.54) is 0 Å². The van der Waals surface area contributed by atoms with Crippen molar-refractivity contribution in [3.05, 3.63) is 45.9 Å². The largest absolute Gasteiger partial charge is 0.434 e. The summed E-state index contributed by atoms with van der Waals surface area (Å²) >= 11 is 0.920. The van der Waals surface area contributed by atoms with E-state index >= 15 is 0 Å². The summed E-state index contributed by atoms with van der Waals surface area (Å²) in [4.78, 5) is 25.9. The molecule has 6 nitrogen and oxygen atoms in total. The van der Waals surface area contributed by atoms with Crippen LogP contribution in [-0.2, 0) is 17.5 Å². The molecule has 2 amide bonds.